The Morgan fingerprint density at radius 1 is 0.909 bits per heavy atom. The average Bonchev–Trinajstić information content (AvgIpc) is 2.80. The number of nitrogens with zero attached hydrogens (tertiary/aromatic N) is 1. The van der Waals surface area contributed by atoms with E-state index in [-0.39, 0.29) is 29.7 Å². The van der Waals surface area contributed by atoms with Crippen molar-refractivity contribution in [2.75, 3.05) is 6.54 Å². The Hall–Kier alpha value is -2.90. The summed E-state index contributed by atoms with van der Waals surface area (Å²) >= 11 is 5.55. The molecular weight excluding hydrogens is 440 g/mol. The first kappa shape index (κ1) is 24.7. The van der Waals surface area contributed by atoms with Crippen LogP contribution in [0, 0.1) is 5.92 Å². The lowest BCUT2D eigenvalue weighted by Crippen LogP contribution is -2.64. The number of amides is 3. The lowest BCUT2D eigenvalue weighted by atomic mass is 9.94. The summed E-state index contributed by atoms with van der Waals surface area (Å²) in [6.45, 7) is 5.80. The molecule has 0 spiro atoms. The van der Waals surface area contributed by atoms with Crippen molar-refractivity contribution in [3.63, 3.8) is 0 Å². The van der Waals surface area contributed by atoms with Crippen LogP contribution in [0.4, 0.5) is 0 Å². The van der Waals surface area contributed by atoms with Crippen molar-refractivity contribution in [1.29, 1.82) is 0 Å². The molecule has 0 aromatic heterocycles. The number of benzene rings is 2. The average molecular weight is 471 g/mol. The smallest absolute Gasteiger partial charge is 0.246 e. The molecule has 3 N–H and O–H groups in total. The van der Waals surface area contributed by atoms with Crippen molar-refractivity contribution in [2.45, 2.75) is 51.4 Å². The minimum atomic E-state index is -0.736. The van der Waals surface area contributed by atoms with E-state index >= 15 is 0 Å². The Morgan fingerprint density at radius 3 is 1.88 bits per heavy atom. The number of hydrogen-bond donors (Lipinski definition) is 3. The molecule has 8 heteroatoms. The number of carbonyl (C=O) groups is 3. The summed E-state index contributed by atoms with van der Waals surface area (Å²) in [5, 5.41) is 5.88. The summed E-state index contributed by atoms with van der Waals surface area (Å²) in [4.78, 5) is 42.7. The molecule has 7 nitrogen and oxygen atoms in total. The zero-order valence-corrected chi connectivity index (χ0v) is 19.9. The highest BCUT2D eigenvalue weighted by Crippen LogP contribution is 2.25. The van der Waals surface area contributed by atoms with E-state index in [1.807, 2.05) is 74.5 Å². The SMILES string of the molecule is CC(NCl)C(=O)NC(C(=O)N1CC[C@H]1C(=O)NC(c1ccccc1)c1ccccc1)C(C)C. The lowest BCUT2D eigenvalue weighted by molar-refractivity contribution is -0.151. The number of nitrogens with one attached hydrogen (secondary N) is 3. The van der Waals surface area contributed by atoms with Gasteiger partial charge in [-0.25, -0.2) is 4.84 Å². The Balaban J connectivity index is 1.74. The molecule has 33 heavy (non-hydrogen) atoms. The first-order valence-corrected chi connectivity index (χ1v) is 11.6. The summed E-state index contributed by atoms with van der Waals surface area (Å²) < 4.78 is 0. The van der Waals surface area contributed by atoms with Crippen LogP contribution in [-0.4, -0.2) is 47.3 Å². The number of halogens is 1. The predicted octanol–water partition coefficient (Wildman–Crippen LogP) is 2.77. The van der Waals surface area contributed by atoms with Gasteiger partial charge in [-0.3, -0.25) is 14.4 Å². The van der Waals surface area contributed by atoms with Crippen molar-refractivity contribution in [2.24, 2.45) is 5.92 Å². The molecule has 1 aliphatic rings. The summed E-state index contributed by atoms with van der Waals surface area (Å²) in [6, 6.07) is 17.2. The van der Waals surface area contributed by atoms with Crippen molar-refractivity contribution in [3.8, 4) is 0 Å². The maximum absolute atomic E-state index is 13.2. The van der Waals surface area contributed by atoms with Crippen LogP contribution in [0.15, 0.2) is 60.7 Å². The molecule has 1 heterocycles. The Morgan fingerprint density at radius 2 is 1.45 bits per heavy atom. The first-order chi connectivity index (χ1) is 15.8. The molecule has 0 radical (unpaired) electrons. The molecule has 3 rings (SSSR count). The van der Waals surface area contributed by atoms with Gasteiger partial charge < -0.3 is 15.5 Å². The van der Waals surface area contributed by atoms with E-state index in [1.165, 1.54) is 0 Å². The van der Waals surface area contributed by atoms with Crippen LogP contribution in [0.25, 0.3) is 0 Å². The third-order valence-electron chi connectivity index (χ3n) is 5.95. The van der Waals surface area contributed by atoms with Crippen molar-refractivity contribution in [1.82, 2.24) is 20.4 Å². The van der Waals surface area contributed by atoms with Gasteiger partial charge in [0.2, 0.25) is 17.7 Å². The van der Waals surface area contributed by atoms with E-state index in [0.29, 0.717) is 13.0 Å². The highest BCUT2D eigenvalue weighted by Gasteiger charge is 2.42. The summed E-state index contributed by atoms with van der Waals surface area (Å²) in [7, 11) is 0. The second-order valence-electron chi connectivity index (χ2n) is 8.66. The molecule has 2 unspecified atom stereocenters. The molecule has 1 aliphatic heterocycles. The standard InChI is InChI=1S/C25H31ClN4O3/c1-16(2)21(27-23(31)17(3)29-26)25(33)30-15-14-20(30)24(32)28-22(18-10-6-4-7-11-18)19-12-8-5-9-13-19/h4-13,16-17,20-22,29H,14-15H2,1-3H3,(H,27,31)(H,28,32)/t17?,20-,21?/m0/s1. The molecule has 2 aromatic carbocycles. The molecule has 0 saturated carbocycles. The fourth-order valence-electron chi connectivity index (χ4n) is 3.83. The van der Waals surface area contributed by atoms with Gasteiger partial charge in [-0.15, -0.1) is 0 Å². The number of hydrogen-bond acceptors (Lipinski definition) is 4. The molecule has 0 bridgehead atoms. The Kier molecular flexibility index (Phi) is 8.47. The highest BCUT2D eigenvalue weighted by atomic mass is 35.5. The fourth-order valence-corrected chi connectivity index (χ4v) is 3.93. The summed E-state index contributed by atoms with van der Waals surface area (Å²) in [5.41, 5.74) is 1.92. The van der Waals surface area contributed by atoms with Crippen LogP contribution in [0.5, 0.6) is 0 Å². The fraction of sp³-hybridized carbons (Fsp3) is 0.400. The maximum atomic E-state index is 13.2. The zero-order chi connectivity index (χ0) is 24.0. The van der Waals surface area contributed by atoms with E-state index in [4.69, 9.17) is 11.8 Å². The van der Waals surface area contributed by atoms with Crippen LogP contribution >= 0.6 is 11.8 Å². The second kappa shape index (κ2) is 11.3. The van der Waals surface area contributed by atoms with Gasteiger partial charge in [-0.1, -0.05) is 74.5 Å². The molecule has 3 amide bonds. The van der Waals surface area contributed by atoms with Crippen molar-refractivity contribution < 1.29 is 14.4 Å². The van der Waals surface area contributed by atoms with Crippen LogP contribution < -0.4 is 15.5 Å². The lowest BCUT2D eigenvalue weighted by Gasteiger charge is -2.43. The van der Waals surface area contributed by atoms with Crippen molar-refractivity contribution in [3.05, 3.63) is 71.8 Å². The van der Waals surface area contributed by atoms with Crippen LogP contribution in [-0.2, 0) is 14.4 Å². The topological polar surface area (TPSA) is 90.5 Å². The molecule has 3 atom stereocenters. The number of likely N-dealkylation sites (tertiary alicyclic amines) is 1. The van der Waals surface area contributed by atoms with E-state index < -0.39 is 18.1 Å². The molecule has 0 aliphatic carbocycles. The van der Waals surface area contributed by atoms with Crippen LogP contribution in [0.2, 0.25) is 0 Å². The Labute approximate surface area is 200 Å². The molecule has 1 fully saturated rings. The summed E-state index contributed by atoms with van der Waals surface area (Å²) in [6.07, 6.45) is 0.576. The summed E-state index contributed by atoms with van der Waals surface area (Å²) in [5.74, 6) is -0.985. The third kappa shape index (κ3) is 5.92. The van der Waals surface area contributed by atoms with Gasteiger partial charge in [0, 0.05) is 6.54 Å². The molecule has 2 aromatic rings. The predicted molar refractivity (Wildman–Crippen MR) is 128 cm³/mol. The van der Waals surface area contributed by atoms with Gasteiger partial charge in [-0.2, -0.15) is 0 Å². The molecule has 1 saturated heterocycles. The first-order valence-electron chi connectivity index (χ1n) is 11.2. The van der Waals surface area contributed by atoms with Gasteiger partial charge in [-0.05, 0) is 42.2 Å². The van der Waals surface area contributed by atoms with Gasteiger partial charge in [0.1, 0.15) is 12.1 Å². The highest BCUT2D eigenvalue weighted by molar-refractivity contribution is 6.15. The maximum Gasteiger partial charge on any atom is 0.246 e. The minimum absolute atomic E-state index is 0.144. The van der Waals surface area contributed by atoms with Crippen molar-refractivity contribution >= 4 is 29.5 Å². The van der Waals surface area contributed by atoms with Gasteiger partial charge in [0.05, 0.1) is 12.1 Å². The van der Waals surface area contributed by atoms with E-state index in [0.717, 1.165) is 11.1 Å². The second-order valence-corrected chi connectivity index (χ2v) is 8.88. The quantitative estimate of drug-likeness (QED) is 0.491. The van der Waals surface area contributed by atoms with Crippen LogP contribution in [0.3, 0.4) is 0 Å². The van der Waals surface area contributed by atoms with E-state index in [9.17, 15) is 14.4 Å². The largest absolute Gasteiger partial charge is 0.343 e. The monoisotopic (exact) mass is 470 g/mol. The normalized spacial score (nSPS) is 17.3. The number of carbonyl (C=O) groups excluding carboxylic acids is 3. The minimum Gasteiger partial charge on any atom is -0.343 e. The van der Waals surface area contributed by atoms with E-state index in [1.54, 1.807) is 11.8 Å². The third-order valence-corrected chi connectivity index (χ3v) is 6.27. The Bertz CT molecular complexity index is 915. The number of rotatable bonds is 9. The van der Waals surface area contributed by atoms with Gasteiger partial charge in [0.25, 0.3) is 0 Å². The molecular formula is C25H31ClN4O3. The van der Waals surface area contributed by atoms with Crippen LogP contribution in [0.1, 0.15) is 44.4 Å². The van der Waals surface area contributed by atoms with Gasteiger partial charge >= 0.3 is 0 Å². The van der Waals surface area contributed by atoms with Gasteiger partial charge in [0.15, 0.2) is 0 Å². The molecule has 176 valence electrons. The zero-order valence-electron chi connectivity index (χ0n) is 19.1. The van der Waals surface area contributed by atoms with E-state index in [2.05, 4.69) is 15.5 Å².